The summed E-state index contributed by atoms with van der Waals surface area (Å²) in [7, 11) is 1.63. The van der Waals surface area contributed by atoms with Crippen molar-refractivity contribution in [1.82, 2.24) is 9.78 Å². The topological polar surface area (TPSA) is 44.1 Å². The molecule has 1 aromatic heterocycles. The summed E-state index contributed by atoms with van der Waals surface area (Å²) in [5.41, 5.74) is -0.238. The maximum Gasteiger partial charge on any atom is 0.214 e. The zero-order valence-electron chi connectivity index (χ0n) is 12.5. The van der Waals surface area contributed by atoms with Crippen molar-refractivity contribution >= 4 is 17.4 Å². The molecule has 0 bridgehead atoms. The molecule has 0 radical (unpaired) electrons. The molecule has 2 rings (SSSR count). The lowest BCUT2D eigenvalue weighted by Crippen LogP contribution is -2.41. The van der Waals surface area contributed by atoms with Gasteiger partial charge in [0, 0.05) is 13.2 Å². The first-order chi connectivity index (χ1) is 9.52. The first-order valence-corrected chi connectivity index (χ1v) is 7.72. The van der Waals surface area contributed by atoms with Crippen LogP contribution in [0.1, 0.15) is 68.9 Å². The van der Waals surface area contributed by atoms with Gasteiger partial charge in [-0.2, -0.15) is 5.10 Å². The number of aromatic nitrogens is 2. The Hall–Kier alpha value is -0.870. The lowest BCUT2D eigenvalue weighted by atomic mass is 9.87. The van der Waals surface area contributed by atoms with E-state index in [0.29, 0.717) is 10.7 Å². The van der Waals surface area contributed by atoms with Crippen LogP contribution >= 0.6 is 11.6 Å². The number of carbonyl (C=O) groups excluding carboxylic acids is 1. The minimum Gasteiger partial charge on any atom is -0.370 e. The summed E-state index contributed by atoms with van der Waals surface area (Å²) < 4.78 is 7.39. The molecule has 1 heterocycles. The van der Waals surface area contributed by atoms with Crippen LogP contribution in [0.15, 0.2) is 6.20 Å². The van der Waals surface area contributed by atoms with E-state index in [9.17, 15) is 4.79 Å². The Labute approximate surface area is 125 Å². The van der Waals surface area contributed by atoms with Gasteiger partial charge in [-0.25, -0.2) is 0 Å². The van der Waals surface area contributed by atoms with Crippen molar-refractivity contribution in [3.63, 3.8) is 0 Å². The number of methoxy groups -OCH3 is 1. The number of Topliss-reactive ketones (excluding diaryl/α,β-unsaturated/α-hetero) is 1. The van der Waals surface area contributed by atoms with Gasteiger partial charge in [0.15, 0.2) is 0 Å². The van der Waals surface area contributed by atoms with Gasteiger partial charge in [0.05, 0.1) is 11.2 Å². The van der Waals surface area contributed by atoms with Crippen LogP contribution in [0.4, 0.5) is 0 Å². The Morgan fingerprint density at radius 1 is 1.35 bits per heavy atom. The van der Waals surface area contributed by atoms with Gasteiger partial charge in [-0.3, -0.25) is 9.48 Å². The van der Waals surface area contributed by atoms with E-state index in [2.05, 4.69) is 5.10 Å². The first kappa shape index (κ1) is 15.5. The Bertz CT molecular complexity index is 474. The molecule has 0 unspecified atom stereocenters. The zero-order chi connectivity index (χ0) is 14.8. The molecule has 5 heteroatoms. The van der Waals surface area contributed by atoms with Crippen molar-refractivity contribution in [2.45, 2.75) is 64.0 Å². The van der Waals surface area contributed by atoms with Gasteiger partial charge in [0.25, 0.3) is 0 Å². The molecule has 1 aliphatic rings. The molecule has 112 valence electrons. The monoisotopic (exact) mass is 298 g/mol. The van der Waals surface area contributed by atoms with Crippen molar-refractivity contribution in [3.8, 4) is 0 Å². The summed E-state index contributed by atoms with van der Waals surface area (Å²) >= 11 is 6.20. The fourth-order valence-corrected chi connectivity index (χ4v) is 3.20. The third kappa shape index (κ3) is 2.77. The smallest absolute Gasteiger partial charge is 0.214 e. The van der Waals surface area contributed by atoms with E-state index in [1.54, 1.807) is 18.0 Å². The van der Waals surface area contributed by atoms with E-state index in [-0.39, 0.29) is 11.8 Å². The third-order valence-electron chi connectivity index (χ3n) is 4.17. The molecule has 0 aromatic carbocycles. The van der Waals surface area contributed by atoms with Gasteiger partial charge in [-0.15, -0.1) is 0 Å². The Morgan fingerprint density at radius 3 is 2.45 bits per heavy atom. The highest BCUT2D eigenvalue weighted by atomic mass is 35.5. The van der Waals surface area contributed by atoms with Gasteiger partial charge < -0.3 is 4.74 Å². The second-order valence-corrected chi connectivity index (χ2v) is 6.23. The van der Waals surface area contributed by atoms with Gasteiger partial charge >= 0.3 is 0 Å². The van der Waals surface area contributed by atoms with E-state index in [1.807, 2.05) is 13.8 Å². The molecule has 20 heavy (non-hydrogen) atoms. The van der Waals surface area contributed by atoms with Crippen LogP contribution in [0.2, 0.25) is 5.02 Å². The second kappa shape index (κ2) is 6.27. The summed E-state index contributed by atoms with van der Waals surface area (Å²) in [4.78, 5) is 13.0. The average Bonchev–Trinajstić information content (AvgIpc) is 2.66. The van der Waals surface area contributed by atoms with Crippen molar-refractivity contribution in [2.75, 3.05) is 7.11 Å². The van der Waals surface area contributed by atoms with Crippen LogP contribution in [-0.2, 0) is 4.74 Å². The quantitative estimate of drug-likeness (QED) is 0.622. The molecule has 0 saturated heterocycles. The summed E-state index contributed by atoms with van der Waals surface area (Å²) in [5.74, 6) is -0.0156. The fourth-order valence-electron chi connectivity index (χ4n) is 2.98. The molecule has 4 nitrogen and oxygen atoms in total. The normalized spacial score (nSPS) is 19.1. The molecule has 0 amide bonds. The number of rotatable bonds is 4. The van der Waals surface area contributed by atoms with Crippen LogP contribution < -0.4 is 0 Å². The molecular weight excluding hydrogens is 276 g/mol. The van der Waals surface area contributed by atoms with Crippen molar-refractivity contribution in [1.29, 1.82) is 0 Å². The van der Waals surface area contributed by atoms with E-state index in [0.717, 1.165) is 38.5 Å². The Balaban J connectivity index is 2.40. The van der Waals surface area contributed by atoms with E-state index < -0.39 is 5.60 Å². The summed E-state index contributed by atoms with van der Waals surface area (Å²) in [6.07, 6.45) is 7.45. The van der Waals surface area contributed by atoms with Gasteiger partial charge in [-0.1, -0.05) is 37.3 Å². The summed E-state index contributed by atoms with van der Waals surface area (Å²) in [5, 5.41) is 4.65. The van der Waals surface area contributed by atoms with Crippen LogP contribution in [-0.4, -0.2) is 28.3 Å². The van der Waals surface area contributed by atoms with Gasteiger partial charge in [0.1, 0.15) is 11.3 Å². The molecule has 0 spiro atoms. The predicted octanol–water partition coefficient (Wildman–Crippen LogP) is 4.04. The minimum absolute atomic E-state index is 0.0156. The molecule has 1 saturated carbocycles. The highest BCUT2D eigenvalue weighted by molar-refractivity contribution is 6.34. The maximum atomic E-state index is 13.0. The van der Waals surface area contributed by atoms with Crippen molar-refractivity contribution < 1.29 is 9.53 Å². The maximum absolute atomic E-state index is 13.0. The van der Waals surface area contributed by atoms with E-state index in [4.69, 9.17) is 16.3 Å². The van der Waals surface area contributed by atoms with Crippen LogP contribution in [0.25, 0.3) is 0 Å². The average molecular weight is 299 g/mol. The zero-order valence-corrected chi connectivity index (χ0v) is 13.2. The number of ether oxygens (including phenoxy) is 1. The fraction of sp³-hybridized carbons (Fsp3) is 0.733. The number of hydrogen-bond acceptors (Lipinski definition) is 3. The van der Waals surface area contributed by atoms with Gasteiger partial charge in [-0.05, 0) is 26.7 Å². The molecule has 0 aliphatic heterocycles. The molecule has 1 aromatic rings. The molecule has 0 atom stereocenters. The number of hydrogen-bond donors (Lipinski definition) is 0. The highest BCUT2D eigenvalue weighted by Gasteiger charge is 2.41. The third-order valence-corrected chi connectivity index (χ3v) is 4.45. The standard InChI is InChI=1S/C15H23ClN2O2/c1-11(2)18-13(12(16)10-17-18)14(19)15(20-3)8-6-4-5-7-9-15/h10-11H,4-9H2,1-3H3. The SMILES string of the molecule is COC1(C(=O)c2c(Cl)cnn2C(C)C)CCCCCC1. The van der Waals surface area contributed by atoms with E-state index in [1.165, 1.54) is 0 Å². The Kier molecular flexibility index (Phi) is 4.86. The summed E-state index contributed by atoms with van der Waals surface area (Å²) in [6.45, 7) is 3.99. The van der Waals surface area contributed by atoms with Crippen LogP contribution in [0, 0.1) is 0 Å². The largest absolute Gasteiger partial charge is 0.370 e. The minimum atomic E-state index is -0.729. The highest BCUT2D eigenvalue weighted by Crippen LogP contribution is 2.35. The number of carbonyl (C=O) groups is 1. The molecule has 1 fully saturated rings. The summed E-state index contributed by atoms with van der Waals surface area (Å²) in [6, 6.07) is 0.0983. The van der Waals surface area contributed by atoms with Crippen molar-refractivity contribution in [3.05, 3.63) is 16.9 Å². The van der Waals surface area contributed by atoms with Crippen LogP contribution in [0.3, 0.4) is 0 Å². The van der Waals surface area contributed by atoms with Crippen molar-refractivity contribution in [2.24, 2.45) is 0 Å². The van der Waals surface area contributed by atoms with E-state index >= 15 is 0 Å². The first-order valence-electron chi connectivity index (χ1n) is 7.35. The lowest BCUT2D eigenvalue weighted by molar-refractivity contribution is -0.00781. The Morgan fingerprint density at radius 2 is 1.95 bits per heavy atom. The predicted molar refractivity (Wildman–Crippen MR) is 79.4 cm³/mol. The van der Waals surface area contributed by atoms with Gasteiger partial charge in [0.2, 0.25) is 5.78 Å². The van der Waals surface area contributed by atoms with Crippen LogP contribution in [0.5, 0.6) is 0 Å². The molecule has 0 N–H and O–H groups in total. The number of halogens is 1. The molecular formula is C15H23ClN2O2. The second-order valence-electron chi connectivity index (χ2n) is 5.82. The number of ketones is 1. The molecule has 1 aliphatic carbocycles. The number of nitrogens with zero attached hydrogens (tertiary/aromatic N) is 2. The lowest BCUT2D eigenvalue weighted by Gasteiger charge is -2.30.